The minimum atomic E-state index is -3.37. The van der Waals surface area contributed by atoms with Crippen LogP contribution in [-0.4, -0.2) is 39.5 Å². The van der Waals surface area contributed by atoms with E-state index in [0.717, 1.165) is 31.6 Å². The maximum absolute atomic E-state index is 12.1. The lowest BCUT2D eigenvalue weighted by Gasteiger charge is -2.18. The summed E-state index contributed by atoms with van der Waals surface area (Å²) in [5, 5.41) is 0. The van der Waals surface area contributed by atoms with Crippen molar-refractivity contribution >= 4 is 10.0 Å². The Balaban J connectivity index is 2.90. The highest BCUT2D eigenvalue weighted by molar-refractivity contribution is 7.89. The van der Waals surface area contributed by atoms with Gasteiger partial charge in [-0.2, -0.15) is 0 Å². The summed E-state index contributed by atoms with van der Waals surface area (Å²) >= 11 is 0. The van der Waals surface area contributed by atoms with E-state index in [1.165, 1.54) is 0 Å². The van der Waals surface area contributed by atoms with Crippen molar-refractivity contribution in [2.24, 2.45) is 0 Å². The zero-order chi connectivity index (χ0) is 14.3. The van der Waals surface area contributed by atoms with E-state index in [2.05, 4.69) is 23.5 Å². The minimum Gasteiger partial charge on any atom is -0.304 e. The Morgan fingerprint density at radius 1 is 1.11 bits per heavy atom. The average molecular weight is 284 g/mol. The van der Waals surface area contributed by atoms with E-state index in [4.69, 9.17) is 0 Å². The zero-order valence-corrected chi connectivity index (χ0v) is 12.8. The predicted octanol–water partition coefficient (Wildman–Crippen LogP) is 1.87. The fourth-order valence-corrected chi connectivity index (χ4v) is 3.37. The minimum absolute atomic E-state index is 0.406. The Bertz CT molecular complexity index is 482. The van der Waals surface area contributed by atoms with Gasteiger partial charge in [-0.1, -0.05) is 39.0 Å². The van der Waals surface area contributed by atoms with E-state index in [0.29, 0.717) is 11.4 Å². The van der Waals surface area contributed by atoms with E-state index < -0.39 is 10.0 Å². The molecule has 0 saturated carbocycles. The lowest BCUT2D eigenvalue weighted by Crippen LogP contribution is -2.27. The summed E-state index contributed by atoms with van der Waals surface area (Å²) in [6.07, 6.45) is 0.752. The molecule has 0 aromatic heterocycles. The molecule has 1 aromatic rings. The first-order valence-corrected chi connectivity index (χ1v) is 8.33. The van der Waals surface area contributed by atoms with Crippen LogP contribution in [0.15, 0.2) is 29.2 Å². The first kappa shape index (κ1) is 16.1. The molecule has 0 unspecified atom stereocenters. The second kappa shape index (κ2) is 7.62. The van der Waals surface area contributed by atoms with Crippen molar-refractivity contribution in [2.45, 2.75) is 32.1 Å². The highest BCUT2D eigenvalue weighted by Gasteiger charge is 2.16. The molecule has 19 heavy (non-hydrogen) atoms. The Kier molecular flexibility index (Phi) is 6.48. The molecule has 108 valence electrons. The lowest BCUT2D eigenvalue weighted by molar-refractivity contribution is 0.307. The Labute approximate surface area is 116 Å². The van der Waals surface area contributed by atoms with Crippen molar-refractivity contribution in [1.29, 1.82) is 0 Å². The van der Waals surface area contributed by atoms with Crippen LogP contribution in [0.3, 0.4) is 0 Å². The quantitative estimate of drug-likeness (QED) is 0.793. The third-order valence-electron chi connectivity index (χ3n) is 3.19. The number of likely N-dealkylation sites (N-methyl/N-ethyl adjacent to an activating group) is 1. The molecule has 0 atom stereocenters. The van der Waals surface area contributed by atoms with E-state index in [-0.39, 0.29) is 0 Å². The number of sulfonamides is 1. The van der Waals surface area contributed by atoms with Crippen molar-refractivity contribution < 1.29 is 8.42 Å². The van der Waals surface area contributed by atoms with Gasteiger partial charge in [-0.05, 0) is 31.1 Å². The highest BCUT2D eigenvalue weighted by atomic mass is 32.2. The molecule has 1 aromatic carbocycles. The van der Waals surface area contributed by atoms with Crippen LogP contribution >= 0.6 is 0 Å². The highest BCUT2D eigenvalue weighted by Crippen LogP contribution is 2.16. The van der Waals surface area contributed by atoms with Gasteiger partial charge in [0.1, 0.15) is 0 Å². The molecule has 4 nitrogen and oxygen atoms in total. The summed E-state index contributed by atoms with van der Waals surface area (Å²) < 4.78 is 26.8. The Morgan fingerprint density at radius 3 is 2.32 bits per heavy atom. The lowest BCUT2D eigenvalue weighted by atomic mass is 10.1. The summed E-state index contributed by atoms with van der Waals surface area (Å²) in [4.78, 5) is 2.69. The van der Waals surface area contributed by atoms with Crippen LogP contribution in [0.4, 0.5) is 0 Å². The first-order valence-electron chi connectivity index (χ1n) is 6.85. The van der Waals surface area contributed by atoms with Crippen molar-refractivity contribution in [1.82, 2.24) is 9.62 Å². The fourth-order valence-electron chi connectivity index (χ4n) is 2.06. The molecule has 0 aliphatic rings. The van der Waals surface area contributed by atoms with Crippen molar-refractivity contribution in [3.63, 3.8) is 0 Å². The van der Waals surface area contributed by atoms with Crippen LogP contribution in [0.2, 0.25) is 0 Å². The molecule has 0 bridgehead atoms. The van der Waals surface area contributed by atoms with Crippen LogP contribution in [-0.2, 0) is 16.4 Å². The predicted molar refractivity (Wildman–Crippen MR) is 78.8 cm³/mol. The molecule has 0 heterocycles. The van der Waals surface area contributed by atoms with Crippen LogP contribution in [0.5, 0.6) is 0 Å². The molecule has 0 amide bonds. The van der Waals surface area contributed by atoms with Crippen LogP contribution < -0.4 is 4.72 Å². The largest absolute Gasteiger partial charge is 0.304 e. The molecular formula is C14H24N2O2S. The molecular weight excluding hydrogens is 260 g/mol. The number of hydrogen-bond donors (Lipinski definition) is 1. The summed E-state index contributed by atoms with van der Waals surface area (Å²) in [5.41, 5.74) is 0.885. The third-order valence-corrected chi connectivity index (χ3v) is 4.83. The second-order valence-electron chi connectivity index (χ2n) is 4.39. The molecule has 0 radical (unpaired) electrons. The van der Waals surface area contributed by atoms with Gasteiger partial charge in [0.15, 0.2) is 0 Å². The zero-order valence-electron chi connectivity index (χ0n) is 12.0. The smallest absolute Gasteiger partial charge is 0.240 e. The second-order valence-corrected chi connectivity index (χ2v) is 6.12. The van der Waals surface area contributed by atoms with E-state index in [9.17, 15) is 8.42 Å². The molecule has 0 aliphatic heterocycles. The van der Waals surface area contributed by atoms with Crippen molar-refractivity contribution in [3.05, 3.63) is 29.8 Å². The molecule has 1 N–H and O–H groups in total. The SMILES string of the molecule is CCNS(=O)(=O)c1ccccc1CCN(CC)CC. The average Bonchev–Trinajstić information content (AvgIpc) is 2.40. The summed E-state index contributed by atoms with van der Waals surface area (Å²) in [5.74, 6) is 0. The normalized spacial score (nSPS) is 12.0. The maximum Gasteiger partial charge on any atom is 0.240 e. The van der Waals surface area contributed by atoms with E-state index in [1.807, 2.05) is 12.1 Å². The van der Waals surface area contributed by atoms with Gasteiger partial charge in [-0.25, -0.2) is 13.1 Å². The standard InChI is InChI=1S/C14H24N2O2S/c1-4-15-19(17,18)14-10-8-7-9-13(14)11-12-16(5-2)6-3/h7-10,15H,4-6,11-12H2,1-3H3. The van der Waals surface area contributed by atoms with Gasteiger partial charge in [0.2, 0.25) is 10.0 Å². The van der Waals surface area contributed by atoms with Gasteiger partial charge < -0.3 is 4.90 Å². The summed E-state index contributed by atoms with van der Waals surface area (Å²) in [6, 6.07) is 7.23. The molecule has 1 rings (SSSR count). The van der Waals surface area contributed by atoms with Crippen LogP contribution in [0, 0.1) is 0 Å². The van der Waals surface area contributed by atoms with Crippen molar-refractivity contribution in [3.8, 4) is 0 Å². The van der Waals surface area contributed by atoms with Crippen LogP contribution in [0.25, 0.3) is 0 Å². The summed E-state index contributed by atoms with van der Waals surface area (Å²) in [6.45, 7) is 9.28. The number of rotatable bonds is 8. The number of benzene rings is 1. The van der Waals surface area contributed by atoms with Crippen molar-refractivity contribution in [2.75, 3.05) is 26.2 Å². The Morgan fingerprint density at radius 2 is 1.74 bits per heavy atom. The summed E-state index contributed by atoms with van der Waals surface area (Å²) in [7, 11) is -3.37. The molecule has 0 fully saturated rings. The number of nitrogens with zero attached hydrogens (tertiary/aromatic N) is 1. The fraction of sp³-hybridized carbons (Fsp3) is 0.571. The third kappa shape index (κ3) is 4.60. The maximum atomic E-state index is 12.1. The van der Waals surface area contributed by atoms with E-state index >= 15 is 0 Å². The molecule has 0 saturated heterocycles. The monoisotopic (exact) mass is 284 g/mol. The van der Waals surface area contributed by atoms with Gasteiger partial charge in [-0.15, -0.1) is 0 Å². The topological polar surface area (TPSA) is 49.4 Å². The number of hydrogen-bond acceptors (Lipinski definition) is 3. The number of nitrogens with one attached hydrogen (secondary N) is 1. The van der Waals surface area contributed by atoms with Gasteiger partial charge in [-0.3, -0.25) is 0 Å². The van der Waals surface area contributed by atoms with Gasteiger partial charge in [0.25, 0.3) is 0 Å². The van der Waals surface area contributed by atoms with Gasteiger partial charge >= 0.3 is 0 Å². The van der Waals surface area contributed by atoms with E-state index in [1.54, 1.807) is 19.1 Å². The molecule has 0 aliphatic carbocycles. The van der Waals surface area contributed by atoms with Gasteiger partial charge in [0.05, 0.1) is 4.90 Å². The first-order chi connectivity index (χ1) is 9.05. The molecule has 0 spiro atoms. The van der Waals surface area contributed by atoms with Crippen LogP contribution in [0.1, 0.15) is 26.3 Å². The Hall–Kier alpha value is -0.910. The molecule has 5 heteroatoms. The van der Waals surface area contributed by atoms with Gasteiger partial charge in [0, 0.05) is 13.1 Å².